The van der Waals surface area contributed by atoms with Gasteiger partial charge in [-0.2, -0.15) is 9.97 Å². The first-order chi connectivity index (χ1) is 34.2. The zero-order chi connectivity index (χ0) is 45.2. The molecule has 15 aromatic rings. The maximum Gasteiger partial charge on any atom is 0.238 e. The van der Waals surface area contributed by atoms with Crippen LogP contribution in [0.25, 0.3) is 142 Å². The van der Waals surface area contributed by atoms with E-state index in [1.807, 2.05) is 18.2 Å². The third-order valence-corrected chi connectivity index (χ3v) is 15.4. The molecule has 15 rings (SSSR count). The number of fused-ring (bicyclic) bond motifs is 15. The largest absolute Gasteiger partial charge is 0.309 e. The summed E-state index contributed by atoms with van der Waals surface area (Å²) in [6.07, 6.45) is 0. The SMILES string of the molecule is c1ccc(-c2nc(-c3cccc4c3sc3ccccc34)nc(-n3c4ccccc4c4cc5c6ccccc6n(-c6ccccc6-c6ccc7c8ccccc8c8ccccc8c7c6)c5cc43)n2)cc1. The van der Waals surface area contributed by atoms with Gasteiger partial charge in [0.05, 0.1) is 27.8 Å². The molecule has 0 aliphatic carbocycles. The Morgan fingerprint density at radius 1 is 0.290 bits per heavy atom. The van der Waals surface area contributed by atoms with Crippen LogP contribution >= 0.6 is 11.3 Å². The fourth-order valence-corrected chi connectivity index (χ4v) is 12.3. The highest BCUT2D eigenvalue weighted by Gasteiger charge is 2.23. The molecular formula is C63H37N5S. The molecule has 4 heterocycles. The average Bonchev–Trinajstić information content (AvgIpc) is 4.07. The molecule has 11 aromatic carbocycles. The summed E-state index contributed by atoms with van der Waals surface area (Å²) in [4.78, 5) is 16.1. The van der Waals surface area contributed by atoms with Crippen molar-refractivity contribution < 1.29 is 0 Å². The number of nitrogens with zero attached hydrogens (tertiary/aromatic N) is 5. The molecule has 4 aromatic heterocycles. The van der Waals surface area contributed by atoms with Crippen LogP contribution in [0.15, 0.2) is 224 Å². The van der Waals surface area contributed by atoms with E-state index in [1.165, 1.54) is 64.1 Å². The van der Waals surface area contributed by atoms with Gasteiger partial charge in [0.15, 0.2) is 11.6 Å². The van der Waals surface area contributed by atoms with E-state index in [9.17, 15) is 0 Å². The fourth-order valence-electron chi connectivity index (χ4n) is 11.1. The zero-order valence-electron chi connectivity index (χ0n) is 37.0. The minimum atomic E-state index is 0.571. The Bertz CT molecular complexity index is 4580. The van der Waals surface area contributed by atoms with Crippen molar-refractivity contribution in [1.82, 2.24) is 24.1 Å². The van der Waals surface area contributed by atoms with E-state index in [2.05, 4.69) is 215 Å². The maximum atomic E-state index is 5.46. The molecule has 0 fully saturated rings. The molecular weight excluding hydrogens is 859 g/mol. The molecule has 0 amide bonds. The Hall–Kier alpha value is -8.97. The average molecular weight is 896 g/mol. The van der Waals surface area contributed by atoms with Gasteiger partial charge in [-0.25, -0.2) is 4.98 Å². The lowest BCUT2D eigenvalue weighted by Gasteiger charge is -2.16. The first-order valence-electron chi connectivity index (χ1n) is 23.4. The topological polar surface area (TPSA) is 48.5 Å². The maximum absolute atomic E-state index is 5.46. The number of hydrogen-bond acceptors (Lipinski definition) is 4. The molecule has 0 saturated carbocycles. The van der Waals surface area contributed by atoms with Gasteiger partial charge in [-0.05, 0) is 86.4 Å². The summed E-state index contributed by atoms with van der Waals surface area (Å²) in [6, 6.07) is 81.0. The summed E-state index contributed by atoms with van der Waals surface area (Å²) in [7, 11) is 0. The van der Waals surface area contributed by atoms with E-state index in [0.717, 1.165) is 59.9 Å². The number of aromatic nitrogens is 5. The summed E-state index contributed by atoms with van der Waals surface area (Å²) in [5.74, 6) is 1.84. The monoisotopic (exact) mass is 895 g/mol. The quantitative estimate of drug-likeness (QED) is 0.162. The molecule has 0 unspecified atom stereocenters. The Kier molecular flexibility index (Phi) is 8.17. The molecule has 0 radical (unpaired) electrons. The molecule has 0 saturated heterocycles. The number of benzene rings is 11. The van der Waals surface area contributed by atoms with Crippen molar-refractivity contribution in [2.24, 2.45) is 0 Å². The van der Waals surface area contributed by atoms with Crippen LogP contribution in [0.1, 0.15) is 0 Å². The van der Waals surface area contributed by atoms with Crippen LogP contribution in [0.3, 0.4) is 0 Å². The summed E-state index contributed by atoms with van der Waals surface area (Å²) in [5.41, 5.74) is 9.65. The molecule has 0 aliphatic heterocycles. The van der Waals surface area contributed by atoms with Crippen LogP contribution < -0.4 is 0 Å². The molecule has 0 N–H and O–H groups in total. The van der Waals surface area contributed by atoms with Crippen LogP contribution in [0.4, 0.5) is 0 Å². The van der Waals surface area contributed by atoms with Crippen molar-refractivity contribution in [2.75, 3.05) is 0 Å². The van der Waals surface area contributed by atoms with Gasteiger partial charge in [-0.15, -0.1) is 11.3 Å². The van der Waals surface area contributed by atoms with Gasteiger partial charge in [0.25, 0.3) is 0 Å². The molecule has 69 heavy (non-hydrogen) atoms. The predicted molar refractivity (Wildman–Crippen MR) is 290 cm³/mol. The van der Waals surface area contributed by atoms with Crippen LogP contribution in [0, 0.1) is 0 Å². The van der Waals surface area contributed by atoms with Gasteiger partial charge in [0, 0.05) is 58.4 Å². The minimum absolute atomic E-state index is 0.571. The second-order valence-electron chi connectivity index (χ2n) is 17.9. The lowest BCUT2D eigenvalue weighted by Crippen LogP contribution is -2.06. The zero-order valence-corrected chi connectivity index (χ0v) is 37.8. The van der Waals surface area contributed by atoms with E-state index >= 15 is 0 Å². The summed E-state index contributed by atoms with van der Waals surface area (Å²) >= 11 is 1.79. The summed E-state index contributed by atoms with van der Waals surface area (Å²) < 4.78 is 7.11. The van der Waals surface area contributed by atoms with Crippen LogP contribution in [-0.4, -0.2) is 24.1 Å². The van der Waals surface area contributed by atoms with E-state index < -0.39 is 0 Å². The molecule has 6 heteroatoms. The van der Waals surface area contributed by atoms with Crippen molar-refractivity contribution in [3.8, 4) is 45.5 Å². The van der Waals surface area contributed by atoms with Crippen molar-refractivity contribution in [1.29, 1.82) is 0 Å². The predicted octanol–water partition coefficient (Wildman–Crippen LogP) is 16.9. The molecule has 0 aliphatic rings. The first kappa shape index (κ1) is 38.2. The third kappa shape index (κ3) is 5.67. The Morgan fingerprint density at radius 2 is 0.826 bits per heavy atom. The number of rotatable bonds is 5. The lowest BCUT2D eigenvalue weighted by molar-refractivity contribution is 0.954. The number of para-hydroxylation sites is 3. The van der Waals surface area contributed by atoms with E-state index in [1.54, 1.807) is 11.3 Å². The fraction of sp³-hybridized carbons (Fsp3) is 0. The Morgan fingerprint density at radius 3 is 1.57 bits per heavy atom. The van der Waals surface area contributed by atoms with Crippen LogP contribution in [0.5, 0.6) is 0 Å². The van der Waals surface area contributed by atoms with Gasteiger partial charge in [-0.3, -0.25) is 4.57 Å². The second kappa shape index (κ2) is 14.8. The van der Waals surface area contributed by atoms with Crippen LogP contribution in [-0.2, 0) is 0 Å². The molecule has 0 bridgehead atoms. The summed E-state index contributed by atoms with van der Waals surface area (Å²) in [5, 5.41) is 14.7. The Labute approximate surface area is 399 Å². The van der Waals surface area contributed by atoms with E-state index in [-0.39, 0.29) is 0 Å². The van der Waals surface area contributed by atoms with Crippen molar-refractivity contribution in [2.45, 2.75) is 0 Å². The highest BCUT2D eigenvalue weighted by molar-refractivity contribution is 7.26. The lowest BCUT2D eigenvalue weighted by atomic mass is 9.92. The third-order valence-electron chi connectivity index (χ3n) is 14.2. The second-order valence-corrected chi connectivity index (χ2v) is 18.9. The summed E-state index contributed by atoms with van der Waals surface area (Å²) in [6.45, 7) is 0. The van der Waals surface area contributed by atoms with Crippen LogP contribution in [0.2, 0.25) is 0 Å². The van der Waals surface area contributed by atoms with Gasteiger partial charge in [-0.1, -0.05) is 176 Å². The molecule has 0 spiro atoms. The van der Waals surface area contributed by atoms with E-state index in [0.29, 0.717) is 17.6 Å². The van der Waals surface area contributed by atoms with Gasteiger partial charge in [0.2, 0.25) is 5.95 Å². The first-order valence-corrected chi connectivity index (χ1v) is 24.2. The molecule has 0 atom stereocenters. The number of hydrogen-bond donors (Lipinski definition) is 0. The molecule has 5 nitrogen and oxygen atoms in total. The van der Waals surface area contributed by atoms with Crippen molar-refractivity contribution in [3.63, 3.8) is 0 Å². The number of thiophene rings is 1. The minimum Gasteiger partial charge on any atom is -0.309 e. The normalized spacial score (nSPS) is 12.1. The highest BCUT2D eigenvalue weighted by Crippen LogP contribution is 2.44. The smallest absolute Gasteiger partial charge is 0.238 e. The Balaban J connectivity index is 1.000. The van der Waals surface area contributed by atoms with Gasteiger partial charge >= 0.3 is 0 Å². The highest BCUT2D eigenvalue weighted by atomic mass is 32.1. The van der Waals surface area contributed by atoms with Gasteiger partial charge in [0.1, 0.15) is 0 Å². The molecule has 320 valence electrons. The van der Waals surface area contributed by atoms with Crippen molar-refractivity contribution in [3.05, 3.63) is 224 Å². The standard InChI is InChI=1S/C63H37N5S/c1-2-17-38(18-3-1)61-64-62(50-28-16-27-49-48-26-11-15-32-59(48)69-60(49)50)66-63(65-61)68-56-31-14-10-25-47(56)53-36-52-46-24-9-13-30-55(46)67(57(52)37-58(53)68)54-29-12-8-19-40(54)39-33-34-45-43-22-5-4-20-41(43)42-21-6-7-23-44(42)51(45)35-39/h1-37H. The van der Waals surface area contributed by atoms with Crippen molar-refractivity contribution >= 4 is 107 Å². The van der Waals surface area contributed by atoms with E-state index in [4.69, 9.17) is 15.0 Å². The van der Waals surface area contributed by atoms with Gasteiger partial charge < -0.3 is 4.57 Å².